The molecule has 0 radical (unpaired) electrons. The van der Waals surface area contributed by atoms with E-state index in [-0.39, 0.29) is 16.9 Å². The highest BCUT2D eigenvalue weighted by molar-refractivity contribution is 5.95. The summed E-state index contributed by atoms with van der Waals surface area (Å²) < 4.78 is 10.6. The molecule has 3 rings (SSSR count). The average Bonchev–Trinajstić information content (AvgIpc) is 2.95. The summed E-state index contributed by atoms with van der Waals surface area (Å²) in [6, 6.07) is 5.06. The molecule has 0 spiro atoms. The van der Waals surface area contributed by atoms with Crippen molar-refractivity contribution in [3.8, 4) is 5.75 Å². The number of nitrogens with zero attached hydrogens (tertiary/aromatic N) is 1. The van der Waals surface area contributed by atoms with Crippen molar-refractivity contribution in [3.05, 3.63) is 63.3 Å². The number of aromatic nitrogens is 1. The third kappa shape index (κ3) is 3.03. The maximum Gasteiger partial charge on any atom is 0.288 e. The van der Waals surface area contributed by atoms with E-state index in [1.54, 1.807) is 24.4 Å². The number of aromatic amines is 1. The first-order valence-corrected chi connectivity index (χ1v) is 7.59. The molecule has 0 atom stereocenters. The van der Waals surface area contributed by atoms with E-state index in [2.05, 4.69) is 15.5 Å². The lowest BCUT2D eigenvalue weighted by Gasteiger charge is -2.04. The second-order valence-corrected chi connectivity index (χ2v) is 5.53. The number of methoxy groups -OCH3 is 1. The van der Waals surface area contributed by atoms with Crippen LogP contribution in [0.2, 0.25) is 0 Å². The van der Waals surface area contributed by atoms with Crippen molar-refractivity contribution in [1.29, 1.82) is 0 Å². The van der Waals surface area contributed by atoms with Gasteiger partial charge in [-0.2, -0.15) is 5.10 Å². The van der Waals surface area contributed by atoms with Gasteiger partial charge in [0.15, 0.2) is 11.3 Å². The van der Waals surface area contributed by atoms with Gasteiger partial charge in [-0.3, -0.25) is 9.59 Å². The summed E-state index contributed by atoms with van der Waals surface area (Å²) in [5.41, 5.74) is 5.00. The van der Waals surface area contributed by atoms with E-state index in [1.807, 2.05) is 13.8 Å². The van der Waals surface area contributed by atoms with Crippen LogP contribution in [0.1, 0.15) is 27.2 Å². The topological polar surface area (TPSA) is 96.7 Å². The van der Waals surface area contributed by atoms with Crippen molar-refractivity contribution in [2.24, 2.45) is 5.10 Å². The van der Waals surface area contributed by atoms with Crippen LogP contribution in [0.25, 0.3) is 11.0 Å². The zero-order valence-electron chi connectivity index (χ0n) is 14.0. The Morgan fingerprint density at radius 1 is 1.36 bits per heavy atom. The van der Waals surface area contributed by atoms with Crippen LogP contribution in [0.15, 0.2) is 45.0 Å². The molecule has 2 heterocycles. The molecule has 0 saturated carbocycles. The molecule has 1 aromatic carbocycles. The molecule has 7 nitrogen and oxygen atoms in total. The minimum Gasteiger partial charge on any atom is -0.493 e. The highest BCUT2D eigenvalue weighted by Crippen LogP contribution is 2.22. The predicted molar refractivity (Wildman–Crippen MR) is 94.4 cm³/mol. The molecule has 0 unspecified atom stereocenters. The Hall–Kier alpha value is -3.35. The SMILES string of the molecule is COc1cccc2c(=O)c(/C=N/NC(=O)c3[nH]cc(C)c3C)coc12. The van der Waals surface area contributed by atoms with Crippen molar-refractivity contribution in [3.63, 3.8) is 0 Å². The van der Waals surface area contributed by atoms with E-state index in [0.717, 1.165) is 11.1 Å². The van der Waals surface area contributed by atoms with Gasteiger partial charge in [-0.05, 0) is 37.1 Å². The van der Waals surface area contributed by atoms with Crippen LogP contribution in [0.5, 0.6) is 5.75 Å². The Labute approximate surface area is 143 Å². The lowest BCUT2D eigenvalue weighted by molar-refractivity contribution is 0.0950. The summed E-state index contributed by atoms with van der Waals surface area (Å²) in [5, 5.41) is 4.22. The number of para-hydroxylation sites is 1. The van der Waals surface area contributed by atoms with E-state index >= 15 is 0 Å². The summed E-state index contributed by atoms with van der Waals surface area (Å²) >= 11 is 0. The van der Waals surface area contributed by atoms with Gasteiger partial charge in [0.25, 0.3) is 5.91 Å². The lowest BCUT2D eigenvalue weighted by atomic mass is 10.2. The molecule has 128 valence electrons. The molecular formula is C18H17N3O4. The third-order valence-electron chi connectivity index (χ3n) is 4.01. The first kappa shape index (κ1) is 16.5. The van der Waals surface area contributed by atoms with Crippen LogP contribution in [-0.4, -0.2) is 24.2 Å². The van der Waals surface area contributed by atoms with Gasteiger partial charge in [0.2, 0.25) is 5.43 Å². The van der Waals surface area contributed by atoms with E-state index in [0.29, 0.717) is 22.4 Å². The van der Waals surface area contributed by atoms with Crippen LogP contribution in [-0.2, 0) is 0 Å². The highest BCUT2D eigenvalue weighted by atomic mass is 16.5. The summed E-state index contributed by atoms with van der Waals surface area (Å²) in [4.78, 5) is 27.4. The van der Waals surface area contributed by atoms with Crippen molar-refractivity contribution in [1.82, 2.24) is 10.4 Å². The van der Waals surface area contributed by atoms with Gasteiger partial charge in [-0.25, -0.2) is 5.43 Å². The van der Waals surface area contributed by atoms with Crippen molar-refractivity contribution < 1.29 is 13.9 Å². The minimum absolute atomic E-state index is 0.223. The summed E-state index contributed by atoms with van der Waals surface area (Å²) in [6.45, 7) is 3.75. The van der Waals surface area contributed by atoms with Gasteiger partial charge >= 0.3 is 0 Å². The Morgan fingerprint density at radius 3 is 2.84 bits per heavy atom. The summed E-state index contributed by atoms with van der Waals surface area (Å²) in [5.74, 6) is 0.0951. The van der Waals surface area contributed by atoms with Gasteiger partial charge in [0.1, 0.15) is 12.0 Å². The number of aryl methyl sites for hydroxylation is 1. The molecule has 1 amide bonds. The number of fused-ring (bicyclic) bond motifs is 1. The van der Waals surface area contributed by atoms with Crippen molar-refractivity contribution >= 4 is 23.1 Å². The molecule has 0 aliphatic heterocycles. The maximum atomic E-state index is 12.5. The molecule has 0 fully saturated rings. The minimum atomic E-state index is -0.381. The number of H-pyrrole nitrogens is 1. The summed E-state index contributed by atoms with van der Waals surface area (Å²) in [7, 11) is 1.50. The molecule has 2 N–H and O–H groups in total. The molecule has 3 aromatic rings. The number of hydrogen-bond acceptors (Lipinski definition) is 5. The van der Waals surface area contributed by atoms with E-state index in [9.17, 15) is 9.59 Å². The predicted octanol–water partition coefficient (Wildman–Crippen LogP) is 2.51. The Balaban J connectivity index is 1.84. The number of hydrogen-bond donors (Lipinski definition) is 2. The van der Waals surface area contributed by atoms with Crippen LogP contribution < -0.4 is 15.6 Å². The molecule has 0 bridgehead atoms. The fourth-order valence-corrected chi connectivity index (χ4v) is 2.44. The van der Waals surface area contributed by atoms with E-state index < -0.39 is 0 Å². The van der Waals surface area contributed by atoms with Gasteiger partial charge < -0.3 is 14.1 Å². The quantitative estimate of drug-likeness (QED) is 0.564. The van der Waals surface area contributed by atoms with Crippen LogP contribution in [0.4, 0.5) is 0 Å². The largest absolute Gasteiger partial charge is 0.493 e. The first-order valence-electron chi connectivity index (χ1n) is 7.59. The standard InChI is InChI=1S/C18H17N3O4/c1-10-7-19-15(11(10)2)18(23)21-20-8-12-9-25-17-13(16(12)22)5-4-6-14(17)24-3/h4-9,19H,1-3H3,(H,21,23)/b20-8+. The molecule has 25 heavy (non-hydrogen) atoms. The normalized spacial score (nSPS) is 11.2. The monoisotopic (exact) mass is 339 g/mol. The molecule has 2 aromatic heterocycles. The number of ether oxygens (including phenoxy) is 1. The second-order valence-electron chi connectivity index (χ2n) is 5.53. The average molecular weight is 339 g/mol. The van der Waals surface area contributed by atoms with Crippen LogP contribution in [0.3, 0.4) is 0 Å². The molecule has 0 aliphatic carbocycles. The van der Waals surface area contributed by atoms with Gasteiger partial charge in [0, 0.05) is 6.20 Å². The Bertz CT molecular complexity index is 1030. The Kier molecular flexibility index (Phi) is 4.38. The van der Waals surface area contributed by atoms with E-state index in [4.69, 9.17) is 9.15 Å². The lowest BCUT2D eigenvalue weighted by Crippen LogP contribution is -2.20. The molecule has 7 heteroatoms. The van der Waals surface area contributed by atoms with Crippen molar-refractivity contribution in [2.45, 2.75) is 13.8 Å². The second kappa shape index (κ2) is 6.64. The number of nitrogens with one attached hydrogen (secondary N) is 2. The number of carbonyl (C=O) groups is 1. The molecule has 0 aliphatic rings. The number of hydrazone groups is 1. The first-order chi connectivity index (χ1) is 12.0. The Morgan fingerprint density at radius 2 is 2.16 bits per heavy atom. The third-order valence-corrected chi connectivity index (χ3v) is 4.01. The number of carbonyl (C=O) groups excluding carboxylic acids is 1. The maximum absolute atomic E-state index is 12.5. The van der Waals surface area contributed by atoms with Crippen LogP contribution >= 0.6 is 0 Å². The fraction of sp³-hybridized carbons (Fsp3) is 0.167. The number of rotatable bonds is 4. The zero-order chi connectivity index (χ0) is 18.0. The van der Waals surface area contributed by atoms with Crippen LogP contribution in [0, 0.1) is 13.8 Å². The van der Waals surface area contributed by atoms with Gasteiger partial charge in [-0.15, -0.1) is 0 Å². The number of benzene rings is 1. The molecule has 0 saturated heterocycles. The van der Waals surface area contributed by atoms with Gasteiger partial charge in [-0.1, -0.05) is 6.07 Å². The van der Waals surface area contributed by atoms with E-state index in [1.165, 1.54) is 19.6 Å². The highest BCUT2D eigenvalue weighted by Gasteiger charge is 2.12. The molecular weight excluding hydrogens is 322 g/mol. The zero-order valence-corrected chi connectivity index (χ0v) is 14.0. The summed E-state index contributed by atoms with van der Waals surface area (Å²) in [6.07, 6.45) is 4.29. The number of amides is 1. The smallest absolute Gasteiger partial charge is 0.288 e. The fourth-order valence-electron chi connectivity index (χ4n) is 2.44. The van der Waals surface area contributed by atoms with Gasteiger partial charge in [0.05, 0.1) is 24.3 Å². The van der Waals surface area contributed by atoms with Crippen molar-refractivity contribution in [2.75, 3.05) is 7.11 Å².